The van der Waals surface area contributed by atoms with Crippen molar-refractivity contribution in [2.24, 2.45) is 16.7 Å². The summed E-state index contributed by atoms with van der Waals surface area (Å²) in [4.78, 5) is 26.4. The number of nitrogens with one attached hydrogen (secondary N) is 1. The van der Waals surface area contributed by atoms with Crippen LogP contribution >= 0.6 is 0 Å². The fourth-order valence-corrected chi connectivity index (χ4v) is 5.38. The first-order chi connectivity index (χ1) is 11.8. The van der Waals surface area contributed by atoms with Gasteiger partial charge in [-0.3, -0.25) is 9.59 Å². The quantitative estimate of drug-likeness (QED) is 0.911. The van der Waals surface area contributed by atoms with Crippen LogP contribution in [0.2, 0.25) is 0 Å². The van der Waals surface area contributed by atoms with Crippen molar-refractivity contribution in [1.82, 2.24) is 5.32 Å². The van der Waals surface area contributed by atoms with Gasteiger partial charge in [0.05, 0.1) is 0 Å². The Kier molecular flexibility index (Phi) is 3.71. The van der Waals surface area contributed by atoms with Crippen molar-refractivity contribution in [2.75, 3.05) is 11.4 Å². The first-order valence-corrected chi connectivity index (χ1v) is 9.54. The van der Waals surface area contributed by atoms with Crippen LogP contribution in [0.3, 0.4) is 0 Å². The number of carbonyl (C=O) groups is 2. The molecule has 4 rings (SSSR count). The molecule has 3 unspecified atom stereocenters. The van der Waals surface area contributed by atoms with Crippen LogP contribution in [0.25, 0.3) is 0 Å². The first kappa shape index (κ1) is 16.6. The molecule has 2 aliphatic carbocycles. The highest BCUT2D eigenvalue weighted by Crippen LogP contribution is 2.65. The molecule has 3 atom stereocenters. The fourth-order valence-electron chi connectivity index (χ4n) is 5.38. The molecule has 3 fully saturated rings. The summed E-state index contributed by atoms with van der Waals surface area (Å²) in [6, 6.07) is 7.73. The predicted octanol–water partition coefficient (Wildman–Crippen LogP) is 3.76. The molecule has 1 aliphatic heterocycles. The third-order valence-electron chi connectivity index (χ3n) is 7.61. The Bertz CT molecular complexity index is 709. The number of hydrogen-bond donors (Lipinski definition) is 1. The van der Waals surface area contributed by atoms with Gasteiger partial charge in [0.1, 0.15) is 0 Å². The highest BCUT2D eigenvalue weighted by Gasteiger charge is 2.61. The number of nitrogens with zero attached hydrogens (tertiary/aromatic N) is 1. The van der Waals surface area contributed by atoms with E-state index in [1.165, 1.54) is 12.8 Å². The molecule has 2 bridgehead atoms. The summed E-state index contributed by atoms with van der Waals surface area (Å²) in [7, 11) is 0. The van der Waals surface area contributed by atoms with E-state index in [0.29, 0.717) is 23.3 Å². The SMILES string of the molecule is CC1(C)C2CCC1(C)C(NC(=O)c1ccc(N3CCCC3=O)cc1)C2. The molecule has 1 saturated heterocycles. The lowest BCUT2D eigenvalue weighted by atomic mass is 9.69. The molecule has 4 nitrogen and oxygen atoms in total. The van der Waals surface area contributed by atoms with Crippen molar-refractivity contribution in [3.63, 3.8) is 0 Å². The van der Waals surface area contributed by atoms with E-state index in [1.54, 1.807) is 4.90 Å². The lowest BCUT2D eigenvalue weighted by Crippen LogP contribution is -2.46. The zero-order valence-corrected chi connectivity index (χ0v) is 15.5. The molecule has 1 heterocycles. The van der Waals surface area contributed by atoms with Crippen LogP contribution in [0, 0.1) is 16.7 Å². The van der Waals surface area contributed by atoms with Crippen LogP contribution in [0.4, 0.5) is 5.69 Å². The maximum Gasteiger partial charge on any atom is 0.251 e. The van der Waals surface area contributed by atoms with Gasteiger partial charge in [-0.25, -0.2) is 0 Å². The average Bonchev–Trinajstić information content (AvgIpc) is 3.16. The summed E-state index contributed by atoms with van der Waals surface area (Å²) < 4.78 is 0. The monoisotopic (exact) mass is 340 g/mol. The minimum Gasteiger partial charge on any atom is -0.349 e. The Morgan fingerprint density at radius 1 is 1.20 bits per heavy atom. The Hall–Kier alpha value is -1.84. The standard InChI is InChI=1S/C21H28N2O2/c1-20(2)15-10-11-21(20,3)17(13-15)22-19(25)14-6-8-16(9-7-14)23-12-4-5-18(23)24/h6-9,15,17H,4-5,10-13H2,1-3H3,(H,22,25). The zero-order valence-electron chi connectivity index (χ0n) is 15.5. The minimum absolute atomic E-state index is 0.00822. The van der Waals surface area contributed by atoms with Crippen molar-refractivity contribution >= 4 is 17.5 Å². The van der Waals surface area contributed by atoms with E-state index in [-0.39, 0.29) is 23.3 Å². The van der Waals surface area contributed by atoms with Gasteiger partial charge in [0, 0.05) is 30.3 Å². The Balaban J connectivity index is 1.46. The predicted molar refractivity (Wildman–Crippen MR) is 98.5 cm³/mol. The number of carbonyl (C=O) groups excluding carboxylic acids is 2. The molecule has 25 heavy (non-hydrogen) atoms. The lowest BCUT2D eigenvalue weighted by molar-refractivity contribution is -0.117. The molecular formula is C21H28N2O2. The van der Waals surface area contributed by atoms with Crippen molar-refractivity contribution in [2.45, 2.75) is 58.9 Å². The van der Waals surface area contributed by atoms with Crippen molar-refractivity contribution < 1.29 is 9.59 Å². The topological polar surface area (TPSA) is 49.4 Å². The number of fused-ring (bicyclic) bond motifs is 2. The molecule has 0 spiro atoms. The number of anilines is 1. The third-order valence-corrected chi connectivity index (χ3v) is 7.61. The molecular weight excluding hydrogens is 312 g/mol. The maximum atomic E-state index is 12.7. The summed E-state index contributed by atoms with van der Waals surface area (Å²) in [5.41, 5.74) is 2.06. The van der Waals surface area contributed by atoms with E-state index >= 15 is 0 Å². The number of amides is 2. The average molecular weight is 340 g/mol. The third kappa shape index (κ3) is 2.41. The molecule has 0 aromatic heterocycles. The lowest BCUT2D eigenvalue weighted by Gasteiger charge is -2.39. The van der Waals surface area contributed by atoms with E-state index in [9.17, 15) is 9.59 Å². The minimum atomic E-state index is 0.00822. The van der Waals surface area contributed by atoms with Crippen LogP contribution in [-0.2, 0) is 4.79 Å². The first-order valence-electron chi connectivity index (χ1n) is 9.54. The second-order valence-electron chi connectivity index (χ2n) is 8.83. The molecule has 1 aromatic carbocycles. The Morgan fingerprint density at radius 2 is 1.92 bits per heavy atom. The number of rotatable bonds is 3. The van der Waals surface area contributed by atoms with E-state index in [0.717, 1.165) is 25.1 Å². The number of hydrogen-bond acceptors (Lipinski definition) is 2. The van der Waals surface area contributed by atoms with Crippen molar-refractivity contribution in [1.29, 1.82) is 0 Å². The van der Waals surface area contributed by atoms with Gasteiger partial charge in [0.2, 0.25) is 5.91 Å². The maximum absolute atomic E-state index is 12.7. The zero-order chi connectivity index (χ0) is 17.8. The molecule has 2 amide bonds. The van der Waals surface area contributed by atoms with Crippen molar-refractivity contribution in [3.8, 4) is 0 Å². The van der Waals surface area contributed by atoms with Gasteiger partial charge in [0.25, 0.3) is 5.91 Å². The van der Waals surface area contributed by atoms with Gasteiger partial charge in [-0.2, -0.15) is 0 Å². The smallest absolute Gasteiger partial charge is 0.251 e. The Labute approximate surface area is 150 Å². The fraction of sp³-hybridized carbons (Fsp3) is 0.619. The van der Waals surface area contributed by atoms with Gasteiger partial charge in [-0.15, -0.1) is 0 Å². The molecule has 134 valence electrons. The van der Waals surface area contributed by atoms with Crippen molar-refractivity contribution in [3.05, 3.63) is 29.8 Å². The van der Waals surface area contributed by atoms with Crippen LogP contribution in [0.5, 0.6) is 0 Å². The largest absolute Gasteiger partial charge is 0.349 e. The van der Waals surface area contributed by atoms with Gasteiger partial charge >= 0.3 is 0 Å². The summed E-state index contributed by atoms with van der Waals surface area (Å²) in [6.45, 7) is 7.84. The van der Waals surface area contributed by atoms with Crippen LogP contribution in [0.1, 0.15) is 63.2 Å². The van der Waals surface area contributed by atoms with E-state index in [1.807, 2.05) is 24.3 Å². The molecule has 3 aliphatic rings. The van der Waals surface area contributed by atoms with Gasteiger partial charge in [0.15, 0.2) is 0 Å². The van der Waals surface area contributed by atoms with Gasteiger partial charge in [-0.05, 0) is 66.7 Å². The Morgan fingerprint density at radius 3 is 2.44 bits per heavy atom. The highest BCUT2D eigenvalue weighted by molar-refractivity contribution is 5.97. The van der Waals surface area contributed by atoms with Crippen LogP contribution in [0.15, 0.2) is 24.3 Å². The summed E-state index contributed by atoms with van der Waals surface area (Å²) in [5, 5.41) is 3.30. The van der Waals surface area contributed by atoms with E-state index in [2.05, 4.69) is 26.1 Å². The molecule has 0 radical (unpaired) electrons. The second kappa shape index (κ2) is 5.58. The van der Waals surface area contributed by atoms with Gasteiger partial charge in [-0.1, -0.05) is 20.8 Å². The number of benzene rings is 1. The molecule has 1 N–H and O–H groups in total. The summed E-state index contributed by atoms with van der Waals surface area (Å²) >= 11 is 0. The molecule has 1 aromatic rings. The second-order valence-corrected chi connectivity index (χ2v) is 8.83. The van der Waals surface area contributed by atoms with Crippen LogP contribution in [-0.4, -0.2) is 24.4 Å². The summed E-state index contributed by atoms with van der Waals surface area (Å²) in [6.07, 6.45) is 5.12. The highest BCUT2D eigenvalue weighted by atomic mass is 16.2. The molecule has 2 saturated carbocycles. The molecule has 4 heteroatoms. The van der Waals surface area contributed by atoms with E-state index < -0.39 is 0 Å². The summed E-state index contributed by atoms with van der Waals surface area (Å²) in [5.74, 6) is 0.898. The van der Waals surface area contributed by atoms with E-state index in [4.69, 9.17) is 0 Å². The normalized spacial score (nSPS) is 33.1. The van der Waals surface area contributed by atoms with Crippen LogP contribution < -0.4 is 10.2 Å². The van der Waals surface area contributed by atoms with Gasteiger partial charge < -0.3 is 10.2 Å².